The number of nitrogens with zero attached hydrogens (tertiary/aromatic N) is 2. The lowest BCUT2D eigenvalue weighted by Crippen LogP contribution is -2.54. The number of hydrogen-bond donors (Lipinski definition) is 2. The largest absolute Gasteiger partial charge is 0.366 e. The van der Waals surface area contributed by atoms with E-state index in [1.807, 2.05) is 11.0 Å². The predicted molar refractivity (Wildman–Crippen MR) is 117 cm³/mol. The van der Waals surface area contributed by atoms with E-state index in [1.54, 1.807) is 16.4 Å². The molecule has 1 aromatic carbocycles. The van der Waals surface area contributed by atoms with Crippen LogP contribution in [0.1, 0.15) is 54.4 Å². The molecule has 0 saturated carbocycles. The number of carbonyl (C=O) groups is 2. The molecule has 3 fully saturated rings. The third kappa shape index (κ3) is 3.76. The quantitative estimate of drug-likeness (QED) is 0.701. The zero-order valence-electron chi connectivity index (χ0n) is 17.6. The van der Waals surface area contributed by atoms with Crippen LogP contribution in [-0.2, 0) is 21.2 Å². The molecule has 4 aliphatic rings. The zero-order valence-corrected chi connectivity index (χ0v) is 18.4. The summed E-state index contributed by atoms with van der Waals surface area (Å²) < 4.78 is 28.4. The molecule has 2 amide bonds. The van der Waals surface area contributed by atoms with Gasteiger partial charge in [-0.1, -0.05) is 0 Å². The van der Waals surface area contributed by atoms with Crippen molar-refractivity contribution in [3.63, 3.8) is 0 Å². The average molecular weight is 447 g/mol. The van der Waals surface area contributed by atoms with Crippen LogP contribution in [-0.4, -0.2) is 61.5 Å². The Hall–Kier alpha value is -1.97. The lowest BCUT2D eigenvalue weighted by atomic mass is 9.97. The maximum Gasteiger partial charge on any atom is 0.248 e. The maximum atomic E-state index is 13.3. The minimum atomic E-state index is -3.30. The Morgan fingerprint density at radius 1 is 1.06 bits per heavy atom. The van der Waals surface area contributed by atoms with E-state index in [0.717, 1.165) is 50.0 Å². The van der Waals surface area contributed by atoms with Crippen LogP contribution in [0, 0.1) is 5.92 Å². The number of anilines is 1. The van der Waals surface area contributed by atoms with E-state index >= 15 is 0 Å². The second-order valence-corrected chi connectivity index (χ2v) is 11.4. The molecule has 2 bridgehead atoms. The average Bonchev–Trinajstić information content (AvgIpc) is 3.21. The molecular formula is C22H30N4O4S. The van der Waals surface area contributed by atoms with Crippen molar-refractivity contribution in [2.75, 3.05) is 23.7 Å². The van der Waals surface area contributed by atoms with Gasteiger partial charge in [-0.15, -0.1) is 0 Å². The van der Waals surface area contributed by atoms with Gasteiger partial charge in [-0.3, -0.25) is 9.59 Å². The fraction of sp³-hybridized carbons (Fsp3) is 0.636. The number of carbonyl (C=O) groups excluding carboxylic acids is 2. The minimum Gasteiger partial charge on any atom is -0.366 e. The third-order valence-corrected chi connectivity index (χ3v) is 9.60. The number of rotatable bonds is 5. The topological polar surface area (TPSA) is 113 Å². The van der Waals surface area contributed by atoms with E-state index in [-0.39, 0.29) is 42.1 Å². The number of nitrogens with one attached hydrogen (secondary N) is 1. The summed E-state index contributed by atoms with van der Waals surface area (Å²) in [6.07, 6.45) is 5.16. The number of hydrogen-bond acceptors (Lipinski definition) is 5. The monoisotopic (exact) mass is 446 g/mol. The molecule has 8 nitrogen and oxygen atoms in total. The maximum absolute atomic E-state index is 13.3. The lowest BCUT2D eigenvalue weighted by Gasteiger charge is -2.42. The van der Waals surface area contributed by atoms with Gasteiger partial charge in [-0.25, -0.2) is 8.42 Å². The second kappa shape index (κ2) is 7.86. The Morgan fingerprint density at radius 2 is 1.74 bits per heavy atom. The van der Waals surface area contributed by atoms with Gasteiger partial charge in [-0.05, 0) is 81.3 Å². The molecule has 168 valence electrons. The molecule has 1 aromatic rings. The molecule has 3 saturated heterocycles. The molecule has 9 heteroatoms. The van der Waals surface area contributed by atoms with Gasteiger partial charge in [0.1, 0.15) is 0 Å². The zero-order chi connectivity index (χ0) is 21.8. The molecule has 3 N–H and O–H groups in total. The van der Waals surface area contributed by atoms with Crippen molar-refractivity contribution in [3.8, 4) is 0 Å². The number of benzene rings is 1. The van der Waals surface area contributed by atoms with Crippen LogP contribution >= 0.6 is 0 Å². The van der Waals surface area contributed by atoms with E-state index < -0.39 is 15.9 Å². The van der Waals surface area contributed by atoms with Gasteiger partial charge in [-0.2, -0.15) is 4.31 Å². The molecule has 2 unspecified atom stereocenters. The van der Waals surface area contributed by atoms with E-state index in [1.165, 1.54) is 0 Å². The molecule has 0 radical (unpaired) electrons. The predicted octanol–water partition coefficient (Wildman–Crippen LogP) is 0.999. The number of sulfonamides is 1. The van der Waals surface area contributed by atoms with Gasteiger partial charge < -0.3 is 16.0 Å². The Balaban J connectivity index is 1.33. The van der Waals surface area contributed by atoms with E-state index in [0.29, 0.717) is 18.4 Å². The molecule has 2 atom stereocenters. The summed E-state index contributed by atoms with van der Waals surface area (Å²) in [5.74, 6) is -0.00540. The Morgan fingerprint density at radius 3 is 2.39 bits per heavy atom. The Labute approximate surface area is 183 Å². The van der Waals surface area contributed by atoms with Crippen LogP contribution in [0.25, 0.3) is 0 Å². The fourth-order valence-electron chi connectivity index (χ4n) is 6.10. The summed E-state index contributed by atoms with van der Waals surface area (Å²) in [5, 5.41) is 3.30. The first-order chi connectivity index (χ1) is 14.8. The van der Waals surface area contributed by atoms with Gasteiger partial charge in [0.25, 0.3) is 0 Å². The van der Waals surface area contributed by atoms with Crippen LogP contribution < -0.4 is 16.0 Å². The first kappa shape index (κ1) is 20.9. The molecule has 4 heterocycles. The van der Waals surface area contributed by atoms with Crippen molar-refractivity contribution in [2.24, 2.45) is 11.7 Å². The summed E-state index contributed by atoms with van der Waals surface area (Å²) in [6.45, 7) is 1.78. The highest BCUT2D eigenvalue weighted by molar-refractivity contribution is 7.89. The van der Waals surface area contributed by atoms with Crippen molar-refractivity contribution >= 4 is 27.5 Å². The SMILES string of the molecule is NC(=O)c1ccc2c(c1)CC(=O)N2C1CC2CCC(C1)N2S(=O)(=O)CC1CCNCC1. The van der Waals surface area contributed by atoms with Gasteiger partial charge in [0.2, 0.25) is 21.8 Å². The summed E-state index contributed by atoms with van der Waals surface area (Å²) >= 11 is 0. The first-order valence-corrected chi connectivity index (χ1v) is 12.9. The van der Waals surface area contributed by atoms with E-state index in [2.05, 4.69) is 5.32 Å². The van der Waals surface area contributed by atoms with Crippen molar-refractivity contribution in [3.05, 3.63) is 29.3 Å². The van der Waals surface area contributed by atoms with Crippen LogP contribution in [0.4, 0.5) is 5.69 Å². The number of nitrogens with two attached hydrogens (primary N) is 1. The summed E-state index contributed by atoms with van der Waals surface area (Å²) in [5.41, 5.74) is 7.46. The summed E-state index contributed by atoms with van der Waals surface area (Å²) in [7, 11) is -3.30. The first-order valence-electron chi connectivity index (χ1n) is 11.3. The summed E-state index contributed by atoms with van der Waals surface area (Å²) in [4.78, 5) is 26.2. The van der Waals surface area contributed by atoms with Crippen molar-refractivity contribution in [2.45, 2.75) is 63.1 Å². The molecule has 4 aliphatic heterocycles. The van der Waals surface area contributed by atoms with Crippen LogP contribution in [0.3, 0.4) is 0 Å². The highest BCUT2D eigenvalue weighted by Crippen LogP contribution is 2.43. The molecule has 5 rings (SSSR count). The highest BCUT2D eigenvalue weighted by atomic mass is 32.2. The summed E-state index contributed by atoms with van der Waals surface area (Å²) in [6, 6.07) is 5.12. The van der Waals surface area contributed by atoms with Crippen LogP contribution in [0.15, 0.2) is 18.2 Å². The molecule has 0 aromatic heterocycles. The molecule has 0 spiro atoms. The number of fused-ring (bicyclic) bond motifs is 3. The molecule has 31 heavy (non-hydrogen) atoms. The van der Waals surface area contributed by atoms with Crippen LogP contribution in [0.5, 0.6) is 0 Å². The number of piperidine rings is 2. The van der Waals surface area contributed by atoms with E-state index in [4.69, 9.17) is 5.73 Å². The van der Waals surface area contributed by atoms with Crippen LogP contribution in [0.2, 0.25) is 0 Å². The van der Waals surface area contributed by atoms with Crippen molar-refractivity contribution in [1.29, 1.82) is 0 Å². The van der Waals surface area contributed by atoms with Crippen molar-refractivity contribution < 1.29 is 18.0 Å². The second-order valence-electron chi connectivity index (χ2n) is 9.46. The van der Waals surface area contributed by atoms with Gasteiger partial charge in [0.05, 0.1) is 12.2 Å². The Bertz CT molecular complexity index is 991. The highest BCUT2D eigenvalue weighted by Gasteiger charge is 2.49. The standard InChI is InChI=1S/C22H30N4O4S/c23-22(28)15-1-4-20-16(9-15)10-21(27)25(20)19-11-17-2-3-18(12-19)26(17)31(29,30)13-14-5-7-24-8-6-14/h1,4,9,14,17-19,24H,2-3,5-8,10-13H2,(H2,23,28). The fourth-order valence-corrected chi connectivity index (χ4v) is 8.49. The third-order valence-electron chi connectivity index (χ3n) is 7.47. The molecule has 0 aliphatic carbocycles. The lowest BCUT2D eigenvalue weighted by molar-refractivity contribution is -0.118. The van der Waals surface area contributed by atoms with Crippen molar-refractivity contribution in [1.82, 2.24) is 9.62 Å². The minimum absolute atomic E-state index is 0.00370. The van der Waals surface area contributed by atoms with E-state index in [9.17, 15) is 18.0 Å². The van der Waals surface area contributed by atoms with Gasteiger partial charge >= 0.3 is 0 Å². The molecular weight excluding hydrogens is 416 g/mol. The number of amides is 2. The van der Waals surface area contributed by atoms with Gasteiger partial charge in [0.15, 0.2) is 0 Å². The smallest absolute Gasteiger partial charge is 0.248 e. The van der Waals surface area contributed by atoms with Gasteiger partial charge in [0, 0.05) is 29.4 Å². The Kier molecular flexibility index (Phi) is 5.30. The normalized spacial score (nSPS) is 29.4. The number of primary amides is 1.